The molecule has 0 aliphatic carbocycles. The lowest BCUT2D eigenvalue weighted by Gasteiger charge is -2.13. The van der Waals surface area contributed by atoms with Crippen LogP contribution in [0.3, 0.4) is 0 Å². The molecule has 0 aromatic heterocycles. The highest BCUT2D eigenvalue weighted by molar-refractivity contribution is 14.0. The van der Waals surface area contributed by atoms with Gasteiger partial charge < -0.3 is 15.7 Å². The summed E-state index contributed by atoms with van der Waals surface area (Å²) >= 11 is 6.06. The Morgan fingerprint density at radius 3 is 2.62 bits per heavy atom. The molecule has 0 bridgehead atoms. The first-order valence-corrected chi connectivity index (χ1v) is 7.51. The molecule has 1 aromatic carbocycles. The molecule has 4 nitrogen and oxygen atoms in total. The largest absolute Gasteiger partial charge is 0.386 e. The molecule has 0 heterocycles. The zero-order valence-corrected chi connectivity index (χ0v) is 15.7. The van der Waals surface area contributed by atoms with Crippen LogP contribution < -0.4 is 10.6 Å². The average Bonchev–Trinajstić information content (AvgIpc) is 2.45. The fourth-order valence-electron chi connectivity index (χ4n) is 1.75. The van der Waals surface area contributed by atoms with Crippen molar-refractivity contribution in [3.8, 4) is 0 Å². The minimum atomic E-state index is -0.690. The van der Waals surface area contributed by atoms with E-state index in [9.17, 15) is 5.11 Å². The summed E-state index contributed by atoms with van der Waals surface area (Å²) in [5.41, 5.74) is 0.710. The molecular weight excluding hydrogens is 401 g/mol. The van der Waals surface area contributed by atoms with E-state index in [-0.39, 0.29) is 30.5 Å². The van der Waals surface area contributed by atoms with Gasteiger partial charge in [0.1, 0.15) is 6.10 Å². The average molecular weight is 426 g/mol. The summed E-state index contributed by atoms with van der Waals surface area (Å²) in [6, 6.07) is 7.30. The lowest BCUT2D eigenvalue weighted by Crippen LogP contribution is -2.38. The maximum atomic E-state index is 10.1. The van der Waals surface area contributed by atoms with Gasteiger partial charge in [0.15, 0.2) is 5.96 Å². The van der Waals surface area contributed by atoms with Crippen molar-refractivity contribution in [3.63, 3.8) is 0 Å². The van der Waals surface area contributed by atoms with Crippen LogP contribution in [0.15, 0.2) is 29.3 Å². The van der Waals surface area contributed by atoms with Crippen LogP contribution in [0.5, 0.6) is 0 Å². The SMILES string of the molecule is CCCCNC(=NCC(O)c1ccccc1Cl)NCC.I. The first kappa shape index (κ1) is 20.5. The summed E-state index contributed by atoms with van der Waals surface area (Å²) in [4.78, 5) is 4.39. The molecule has 0 spiro atoms. The number of benzene rings is 1. The highest BCUT2D eigenvalue weighted by Gasteiger charge is 2.10. The monoisotopic (exact) mass is 425 g/mol. The molecule has 0 saturated carbocycles. The zero-order valence-electron chi connectivity index (χ0n) is 12.6. The second-order valence-corrected chi connectivity index (χ2v) is 4.94. The standard InChI is InChI=1S/C15H24ClN3O.HI/c1-3-5-10-18-15(17-4-2)19-11-14(20)12-8-6-7-9-13(12)16;/h6-9,14,20H,3-5,10-11H2,1-2H3,(H2,17,18,19);1H. The topological polar surface area (TPSA) is 56.7 Å². The Hall–Kier alpha value is -0.530. The maximum absolute atomic E-state index is 10.1. The normalized spacial score (nSPS) is 12.5. The molecular formula is C15H25ClIN3O. The Kier molecular flexibility index (Phi) is 11.8. The minimum Gasteiger partial charge on any atom is -0.386 e. The van der Waals surface area contributed by atoms with E-state index in [0.717, 1.165) is 31.9 Å². The Morgan fingerprint density at radius 1 is 1.29 bits per heavy atom. The molecule has 1 atom stereocenters. The number of hydrogen-bond acceptors (Lipinski definition) is 2. The molecule has 0 fully saturated rings. The second-order valence-electron chi connectivity index (χ2n) is 4.54. The summed E-state index contributed by atoms with van der Waals surface area (Å²) in [6.07, 6.45) is 1.54. The van der Waals surface area contributed by atoms with Crippen molar-refractivity contribution < 1.29 is 5.11 Å². The van der Waals surface area contributed by atoms with Crippen LogP contribution in [0.25, 0.3) is 0 Å². The van der Waals surface area contributed by atoms with Gasteiger partial charge in [-0.3, -0.25) is 4.99 Å². The molecule has 6 heteroatoms. The van der Waals surface area contributed by atoms with E-state index in [1.165, 1.54) is 0 Å². The molecule has 21 heavy (non-hydrogen) atoms. The van der Waals surface area contributed by atoms with Gasteiger partial charge in [-0.05, 0) is 19.4 Å². The first-order valence-electron chi connectivity index (χ1n) is 7.13. The molecule has 1 aromatic rings. The van der Waals surface area contributed by atoms with E-state index < -0.39 is 6.10 Å². The van der Waals surface area contributed by atoms with E-state index in [4.69, 9.17) is 11.6 Å². The number of guanidine groups is 1. The van der Waals surface area contributed by atoms with Crippen molar-refractivity contribution in [1.29, 1.82) is 0 Å². The van der Waals surface area contributed by atoms with Crippen LogP contribution in [-0.2, 0) is 0 Å². The highest BCUT2D eigenvalue weighted by atomic mass is 127. The third-order valence-electron chi connectivity index (χ3n) is 2.85. The van der Waals surface area contributed by atoms with Crippen molar-refractivity contribution in [1.82, 2.24) is 10.6 Å². The number of aliphatic hydroxyl groups is 1. The van der Waals surface area contributed by atoms with Gasteiger partial charge in [-0.1, -0.05) is 43.1 Å². The van der Waals surface area contributed by atoms with E-state index >= 15 is 0 Å². The van der Waals surface area contributed by atoms with Crippen molar-refractivity contribution in [2.24, 2.45) is 4.99 Å². The van der Waals surface area contributed by atoms with Crippen LogP contribution in [-0.4, -0.2) is 30.7 Å². The predicted molar refractivity (Wildman–Crippen MR) is 101 cm³/mol. The minimum absolute atomic E-state index is 0. The number of aliphatic hydroxyl groups excluding tert-OH is 1. The predicted octanol–water partition coefficient (Wildman–Crippen LogP) is 3.35. The van der Waals surface area contributed by atoms with Crippen LogP contribution in [0, 0.1) is 0 Å². The van der Waals surface area contributed by atoms with Crippen molar-refractivity contribution in [2.75, 3.05) is 19.6 Å². The smallest absolute Gasteiger partial charge is 0.191 e. The van der Waals surface area contributed by atoms with Gasteiger partial charge in [-0.15, -0.1) is 24.0 Å². The van der Waals surface area contributed by atoms with Gasteiger partial charge in [0.25, 0.3) is 0 Å². The maximum Gasteiger partial charge on any atom is 0.191 e. The van der Waals surface area contributed by atoms with Gasteiger partial charge >= 0.3 is 0 Å². The summed E-state index contributed by atoms with van der Waals surface area (Å²) in [6.45, 7) is 6.12. The number of hydrogen-bond donors (Lipinski definition) is 3. The third-order valence-corrected chi connectivity index (χ3v) is 3.20. The molecule has 0 saturated heterocycles. The quantitative estimate of drug-likeness (QED) is 0.272. The van der Waals surface area contributed by atoms with Crippen molar-refractivity contribution >= 4 is 41.5 Å². The number of aliphatic imine (C=N–C) groups is 1. The summed E-state index contributed by atoms with van der Waals surface area (Å²) < 4.78 is 0. The van der Waals surface area contributed by atoms with Crippen LogP contribution in [0.2, 0.25) is 5.02 Å². The lowest BCUT2D eigenvalue weighted by molar-refractivity contribution is 0.187. The van der Waals surface area contributed by atoms with E-state index in [1.54, 1.807) is 6.07 Å². The molecule has 3 N–H and O–H groups in total. The number of halogens is 2. The number of unbranched alkanes of at least 4 members (excludes halogenated alkanes) is 1. The molecule has 0 aliphatic heterocycles. The summed E-state index contributed by atoms with van der Waals surface area (Å²) in [5, 5.41) is 17.1. The van der Waals surface area contributed by atoms with Gasteiger partial charge in [-0.25, -0.2) is 0 Å². The molecule has 0 aliphatic rings. The Bertz CT molecular complexity index is 429. The summed E-state index contributed by atoms with van der Waals surface area (Å²) in [7, 11) is 0. The van der Waals surface area contributed by atoms with Crippen molar-refractivity contribution in [2.45, 2.75) is 32.8 Å². The molecule has 1 rings (SSSR count). The van der Waals surface area contributed by atoms with Gasteiger partial charge in [0, 0.05) is 23.7 Å². The number of nitrogens with zero attached hydrogens (tertiary/aromatic N) is 1. The van der Waals surface area contributed by atoms with Gasteiger partial charge in [-0.2, -0.15) is 0 Å². The van der Waals surface area contributed by atoms with E-state index in [1.807, 2.05) is 25.1 Å². The van der Waals surface area contributed by atoms with Crippen LogP contribution >= 0.6 is 35.6 Å². The molecule has 120 valence electrons. The van der Waals surface area contributed by atoms with Gasteiger partial charge in [0.05, 0.1) is 6.54 Å². The van der Waals surface area contributed by atoms with E-state index in [0.29, 0.717) is 10.6 Å². The zero-order chi connectivity index (χ0) is 14.8. The van der Waals surface area contributed by atoms with Crippen LogP contribution in [0.1, 0.15) is 38.4 Å². The molecule has 1 unspecified atom stereocenters. The highest BCUT2D eigenvalue weighted by Crippen LogP contribution is 2.22. The van der Waals surface area contributed by atoms with Crippen molar-refractivity contribution in [3.05, 3.63) is 34.9 Å². The Labute approximate surface area is 149 Å². The summed E-state index contributed by atoms with van der Waals surface area (Å²) in [5.74, 6) is 0.729. The fourth-order valence-corrected chi connectivity index (χ4v) is 2.01. The van der Waals surface area contributed by atoms with Gasteiger partial charge in [0.2, 0.25) is 0 Å². The van der Waals surface area contributed by atoms with E-state index in [2.05, 4.69) is 22.5 Å². The Morgan fingerprint density at radius 2 is 2.00 bits per heavy atom. The first-order chi connectivity index (χ1) is 9.69. The third kappa shape index (κ3) is 7.87. The molecule has 0 amide bonds. The Balaban J connectivity index is 0.00000400. The second kappa shape index (κ2) is 12.1. The van der Waals surface area contributed by atoms with Crippen LogP contribution in [0.4, 0.5) is 0 Å². The number of nitrogens with one attached hydrogen (secondary N) is 2. The fraction of sp³-hybridized carbons (Fsp3) is 0.533. The number of rotatable bonds is 7. The lowest BCUT2D eigenvalue weighted by atomic mass is 10.1. The molecule has 0 radical (unpaired) electrons.